The van der Waals surface area contributed by atoms with Crippen LogP contribution in [0, 0.1) is 0 Å². The van der Waals surface area contributed by atoms with Crippen LogP contribution in [0.3, 0.4) is 0 Å². The molecule has 1 fully saturated rings. The summed E-state index contributed by atoms with van der Waals surface area (Å²) >= 11 is 0. The van der Waals surface area contributed by atoms with E-state index in [2.05, 4.69) is 20.8 Å². The summed E-state index contributed by atoms with van der Waals surface area (Å²) in [6, 6.07) is 0. The zero-order valence-electron chi connectivity index (χ0n) is 46.5. The fourth-order valence-electron chi connectivity index (χ4n) is 10.5. The number of esters is 3. The van der Waals surface area contributed by atoms with E-state index in [-0.39, 0.29) is 19.3 Å². The van der Waals surface area contributed by atoms with Crippen molar-refractivity contribution in [3.8, 4) is 0 Å². The Morgan fingerprint density at radius 3 is 0.971 bits per heavy atom. The Morgan fingerprint density at radius 1 is 0.386 bits per heavy atom. The van der Waals surface area contributed by atoms with Crippen LogP contribution in [0.15, 0.2) is 0 Å². The van der Waals surface area contributed by atoms with Crippen LogP contribution in [0.2, 0.25) is 0 Å². The Bertz CT molecular complexity index is 1200. The van der Waals surface area contributed by atoms with Crippen LogP contribution in [0.5, 0.6) is 0 Å². The summed E-state index contributed by atoms with van der Waals surface area (Å²) in [7, 11) is 0. The molecule has 0 radical (unpaired) electrons. The van der Waals surface area contributed by atoms with E-state index in [1.54, 1.807) is 0 Å². The molecule has 0 aromatic carbocycles. The normalized spacial score (nSPS) is 19.1. The largest absolute Gasteiger partial charge is 0.445 e. The zero-order chi connectivity index (χ0) is 51.1. The van der Waals surface area contributed by atoms with Gasteiger partial charge in [0.2, 0.25) is 17.3 Å². The number of carbonyl (C=O) groups excluding carboxylic acids is 3. The van der Waals surface area contributed by atoms with E-state index in [1.165, 1.54) is 205 Å². The number of cyclic esters (lactones) is 3. The van der Waals surface area contributed by atoms with Crippen LogP contribution in [0.4, 0.5) is 0 Å². The summed E-state index contributed by atoms with van der Waals surface area (Å²) in [5.74, 6) is -3.17. The molecule has 3 N–H and O–H groups in total. The van der Waals surface area contributed by atoms with Crippen molar-refractivity contribution in [1.29, 1.82) is 0 Å². The molecular formula is C61H116O9. The third kappa shape index (κ3) is 32.5. The van der Waals surface area contributed by atoms with Crippen molar-refractivity contribution in [2.24, 2.45) is 0 Å². The second kappa shape index (κ2) is 47.0. The van der Waals surface area contributed by atoms with Crippen molar-refractivity contribution in [2.45, 2.75) is 359 Å². The molecule has 4 atom stereocenters. The fourth-order valence-corrected chi connectivity index (χ4v) is 10.5. The lowest BCUT2D eigenvalue weighted by molar-refractivity contribution is -0.211. The van der Waals surface area contributed by atoms with Gasteiger partial charge in [-0.3, -0.25) is 0 Å². The second-order valence-corrected chi connectivity index (χ2v) is 21.9. The monoisotopic (exact) mass is 993 g/mol. The number of hydrogen-bond acceptors (Lipinski definition) is 9. The molecule has 1 rings (SSSR count). The van der Waals surface area contributed by atoms with Gasteiger partial charge in [0.25, 0.3) is 0 Å². The van der Waals surface area contributed by atoms with Gasteiger partial charge in [0.05, 0.1) is 13.2 Å². The molecule has 70 heavy (non-hydrogen) atoms. The quantitative estimate of drug-likeness (QED) is 0.0309. The minimum absolute atomic E-state index is 0.00301. The van der Waals surface area contributed by atoms with Crippen molar-refractivity contribution in [1.82, 2.24) is 0 Å². The third-order valence-corrected chi connectivity index (χ3v) is 15.4. The summed E-state index contributed by atoms with van der Waals surface area (Å²) in [6.07, 6.45) is 51.7. The SMILES string of the molecule is CCCCCCCCCCCCCCCCCCC1(CO)OC(=O)C(CO)OC(=O)C(CCCCCCCCCCCCCCCCCC)(C(O)CCCCCCCCCCCCCCCC)OC1=O. The molecule has 0 aromatic rings. The van der Waals surface area contributed by atoms with Gasteiger partial charge >= 0.3 is 17.9 Å². The topological polar surface area (TPSA) is 140 Å². The zero-order valence-corrected chi connectivity index (χ0v) is 46.5. The molecular weight excluding hydrogens is 877 g/mol. The average molecular weight is 994 g/mol. The smallest absolute Gasteiger partial charge is 0.354 e. The van der Waals surface area contributed by atoms with Gasteiger partial charge in [-0.15, -0.1) is 0 Å². The highest BCUT2D eigenvalue weighted by Crippen LogP contribution is 2.36. The molecule has 1 heterocycles. The summed E-state index contributed by atoms with van der Waals surface area (Å²) in [5.41, 5.74) is -4.18. The minimum Gasteiger partial charge on any atom is -0.445 e. The van der Waals surface area contributed by atoms with Crippen LogP contribution in [0.25, 0.3) is 0 Å². The van der Waals surface area contributed by atoms with E-state index < -0.39 is 54.5 Å². The fraction of sp³-hybridized carbons (Fsp3) is 0.951. The lowest BCUT2D eigenvalue weighted by Crippen LogP contribution is -2.57. The Hall–Kier alpha value is -1.71. The first-order valence-electron chi connectivity index (χ1n) is 30.8. The lowest BCUT2D eigenvalue weighted by atomic mass is 9.85. The van der Waals surface area contributed by atoms with Gasteiger partial charge in [0.1, 0.15) is 6.10 Å². The summed E-state index contributed by atoms with van der Waals surface area (Å²) in [4.78, 5) is 42.1. The van der Waals surface area contributed by atoms with Crippen LogP contribution in [-0.2, 0) is 28.6 Å². The molecule has 1 aliphatic heterocycles. The molecule has 1 saturated heterocycles. The molecule has 0 saturated carbocycles. The van der Waals surface area contributed by atoms with Gasteiger partial charge in [-0.05, 0) is 19.3 Å². The molecule has 0 amide bonds. The Labute approximate surface area is 432 Å². The van der Waals surface area contributed by atoms with Gasteiger partial charge in [0, 0.05) is 12.8 Å². The van der Waals surface area contributed by atoms with Gasteiger partial charge in [-0.2, -0.15) is 0 Å². The number of aliphatic hydroxyl groups excluding tert-OH is 3. The van der Waals surface area contributed by atoms with Crippen LogP contribution in [0.1, 0.15) is 335 Å². The van der Waals surface area contributed by atoms with Gasteiger partial charge in [0.15, 0.2) is 0 Å². The average Bonchev–Trinajstić information content (AvgIpc) is 3.39. The van der Waals surface area contributed by atoms with Gasteiger partial charge < -0.3 is 29.5 Å². The molecule has 0 aromatic heterocycles. The molecule has 0 spiro atoms. The highest BCUT2D eigenvalue weighted by Gasteiger charge is 2.57. The molecule has 9 nitrogen and oxygen atoms in total. The van der Waals surface area contributed by atoms with Crippen molar-refractivity contribution in [3.63, 3.8) is 0 Å². The predicted octanol–water partition coefficient (Wildman–Crippen LogP) is 17.0. The highest BCUT2D eigenvalue weighted by atomic mass is 16.7. The molecule has 4 unspecified atom stereocenters. The van der Waals surface area contributed by atoms with Crippen molar-refractivity contribution in [2.75, 3.05) is 13.2 Å². The lowest BCUT2D eigenvalue weighted by Gasteiger charge is -2.37. The number of aliphatic hydroxyl groups is 3. The standard InChI is InChI=1S/C61H116O9/c1-4-7-10-13-16-19-22-25-28-30-33-36-39-42-45-48-51-60(54-63)58(66)70-61(59(67)68-55(53-62)57(65)69-60,52-49-46-43-40-37-34-31-29-26-23-20-17-14-11-8-5-2)56(64)50-47-44-41-38-35-32-27-24-21-18-15-12-9-6-3/h55-56,62-64H,4-54H2,1-3H3. The first kappa shape index (κ1) is 66.3. The van der Waals surface area contributed by atoms with E-state index in [1.807, 2.05) is 0 Å². The number of ether oxygens (including phenoxy) is 3. The second-order valence-electron chi connectivity index (χ2n) is 21.9. The van der Waals surface area contributed by atoms with Crippen molar-refractivity contribution < 1.29 is 43.9 Å². The summed E-state index contributed by atoms with van der Waals surface area (Å²) in [5, 5.41) is 33.1. The summed E-state index contributed by atoms with van der Waals surface area (Å²) < 4.78 is 17.5. The Kier molecular flexibility index (Phi) is 44.6. The molecule has 414 valence electrons. The van der Waals surface area contributed by atoms with Crippen LogP contribution >= 0.6 is 0 Å². The number of rotatable bonds is 52. The summed E-state index contributed by atoms with van der Waals surface area (Å²) in [6.45, 7) is 5.08. The van der Waals surface area contributed by atoms with Gasteiger partial charge in [-0.25, -0.2) is 14.4 Å². The van der Waals surface area contributed by atoms with Crippen molar-refractivity contribution in [3.05, 3.63) is 0 Å². The van der Waals surface area contributed by atoms with Crippen LogP contribution in [-0.4, -0.2) is 69.9 Å². The maximum atomic E-state index is 14.4. The molecule has 0 aliphatic carbocycles. The molecule has 1 aliphatic rings. The highest BCUT2D eigenvalue weighted by molar-refractivity contribution is 5.92. The molecule has 9 heteroatoms. The van der Waals surface area contributed by atoms with E-state index in [0.717, 1.165) is 70.6 Å². The maximum Gasteiger partial charge on any atom is 0.354 e. The number of hydrogen-bond donors (Lipinski definition) is 3. The molecule has 0 bridgehead atoms. The minimum atomic E-state index is -2.10. The van der Waals surface area contributed by atoms with Crippen molar-refractivity contribution >= 4 is 17.9 Å². The van der Waals surface area contributed by atoms with Gasteiger partial charge in [-0.1, -0.05) is 303 Å². The van der Waals surface area contributed by atoms with E-state index in [9.17, 15) is 29.7 Å². The number of unbranched alkanes of at least 4 members (excludes halogenated alkanes) is 43. The van der Waals surface area contributed by atoms with E-state index in [0.29, 0.717) is 19.3 Å². The maximum absolute atomic E-state index is 14.4. The predicted molar refractivity (Wildman–Crippen MR) is 291 cm³/mol. The van der Waals surface area contributed by atoms with E-state index >= 15 is 0 Å². The Balaban J connectivity index is 2.84. The van der Waals surface area contributed by atoms with E-state index in [4.69, 9.17) is 14.2 Å². The first-order chi connectivity index (χ1) is 34.3. The van der Waals surface area contributed by atoms with Crippen LogP contribution < -0.4 is 0 Å². The third-order valence-electron chi connectivity index (χ3n) is 15.4. The number of carbonyl (C=O) groups is 3. The first-order valence-corrected chi connectivity index (χ1v) is 30.8. The Morgan fingerprint density at radius 2 is 0.671 bits per heavy atom.